The summed E-state index contributed by atoms with van der Waals surface area (Å²) in [7, 11) is 0. The summed E-state index contributed by atoms with van der Waals surface area (Å²) in [4.78, 5) is 7.30. The molecule has 17 heavy (non-hydrogen) atoms. The second-order valence-corrected chi connectivity index (χ2v) is 4.03. The van der Waals surface area contributed by atoms with Crippen LogP contribution in [0.25, 0.3) is 10.9 Å². The van der Waals surface area contributed by atoms with Crippen LogP contribution in [0.4, 0.5) is 5.69 Å². The Morgan fingerprint density at radius 3 is 3.06 bits per heavy atom. The van der Waals surface area contributed by atoms with Crippen molar-refractivity contribution >= 4 is 22.3 Å². The molecule has 0 spiro atoms. The number of H-pyrrole nitrogens is 1. The van der Waals surface area contributed by atoms with Gasteiger partial charge in [0, 0.05) is 16.6 Å². The molecule has 0 amide bonds. The topological polar surface area (TPSA) is 83.6 Å². The van der Waals surface area contributed by atoms with E-state index in [9.17, 15) is 5.11 Å². The molecule has 3 rings (SSSR count). The van der Waals surface area contributed by atoms with Gasteiger partial charge in [0.1, 0.15) is 0 Å². The molecule has 0 fully saturated rings. The zero-order valence-corrected chi connectivity index (χ0v) is 9.23. The summed E-state index contributed by atoms with van der Waals surface area (Å²) in [6, 6.07) is 5.47. The molecule has 0 aliphatic carbocycles. The molecule has 0 radical (unpaired) electrons. The molecule has 5 heteroatoms. The highest BCUT2D eigenvalue weighted by atomic mass is 16.5. The number of nitrogens with one attached hydrogen (secondary N) is 1. The lowest BCUT2D eigenvalue weighted by atomic mass is 10.1. The van der Waals surface area contributed by atoms with Crippen molar-refractivity contribution in [2.75, 3.05) is 25.5 Å². The molecule has 88 valence electrons. The molecule has 2 aromatic rings. The number of rotatable bonds is 1. The number of nitrogens with two attached hydrogens (primary N) is 1. The van der Waals surface area contributed by atoms with E-state index in [2.05, 4.69) is 9.98 Å². The van der Waals surface area contributed by atoms with Gasteiger partial charge in [-0.2, -0.15) is 0 Å². The second-order valence-electron chi connectivity index (χ2n) is 4.03. The highest BCUT2D eigenvalue weighted by Gasteiger charge is 2.18. The first-order chi connectivity index (χ1) is 8.25. The summed E-state index contributed by atoms with van der Waals surface area (Å²) in [6.07, 6.45) is 0. The normalized spacial score (nSPS) is 16.1. The third-order valence-electron chi connectivity index (χ3n) is 2.87. The first kappa shape index (κ1) is 10.2. The monoisotopic (exact) mass is 231 g/mol. The van der Waals surface area contributed by atoms with Crippen LogP contribution in [0, 0.1) is 0 Å². The van der Waals surface area contributed by atoms with Crippen molar-refractivity contribution in [1.82, 2.24) is 4.98 Å². The van der Waals surface area contributed by atoms with Crippen LogP contribution >= 0.6 is 0 Å². The molecule has 0 bridgehead atoms. The van der Waals surface area contributed by atoms with E-state index in [-0.39, 0.29) is 5.88 Å². The maximum atomic E-state index is 9.94. The molecule has 2 heterocycles. The van der Waals surface area contributed by atoms with E-state index in [1.807, 2.05) is 12.1 Å². The Bertz CT molecular complexity index is 601. The molecule has 0 saturated heterocycles. The number of anilines is 1. The summed E-state index contributed by atoms with van der Waals surface area (Å²) in [6.45, 7) is 1.69. The van der Waals surface area contributed by atoms with Crippen LogP contribution in [0.3, 0.4) is 0 Å². The summed E-state index contributed by atoms with van der Waals surface area (Å²) in [5.74, 6) is 0.120. The van der Waals surface area contributed by atoms with Crippen molar-refractivity contribution < 1.29 is 9.84 Å². The molecule has 4 N–H and O–H groups in total. The fraction of sp³-hybridized carbons (Fsp3) is 0.250. The predicted molar refractivity (Wildman–Crippen MR) is 66.6 cm³/mol. The number of aromatic nitrogens is 1. The summed E-state index contributed by atoms with van der Waals surface area (Å²) in [5.41, 5.74) is 8.74. The van der Waals surface area contributed by atoms with E-state index in [0.717, 1.165) is 16.6 Å². The maximum Gasteiger partial charge on any atom is 0.198 e. The van der Waals surface area contributed by atoms with E-state index < -0.39 is 0 Å². The largest absolute Gasteiger partial charge is 0.494 e. The third kappa shape index (κ3) is 1.64. The van der Waals surface area contributed by atoms with Crippen LogP contribution in [0.5, 0.6) is 5.88 Å². The van der Waals surface area contributed by atoms with Crippen LogP contribution in [0.1, 0.15) is 5.56 Å². The number of nitrogens with zero attached hydrogens (tertiary/aromatic N) is 1. The zero-order valence-electron chi connectivity index (χ0n) is 9.23. The fourth-order valence-corrected chi connectivity index (χ4v) is 2.10. The second kappa shape index (κ2) is 3.78. The molecule has 5 nitrogen and oxygen atoms in total. The average molecular weight is 231 g/mol. The molecule has 1 aliphatic rings. The number of aliphatic imine (C=N–C) groups is 1. The molecular weight excluding hydrogens is 218 g/mol. The van der Waals surface area contributed by atoms with Gasteiger partial charge in [0.05, 0.1) is 31.0 Å². The minimum atomic E-state index is 0.120. The molecule has 0 unspecified atom stereocenters. The van der Waals surface area contributed by atoms with Crippen LogP contribution in [-0.4, -0.2) is 35.6 Å². The minimum absolute atomic E-state index is 0.120. The Labute approximate surface area is 97.9 Å². The summed E-state index contributed by atoms with van der Waals surface area (Å²) < 4.78 is 5.35. The molecule has 1 aromatic heterocycles. The maximum absolute atomic E-state index is 9.94. The Morgan fingerprint density at radius 1 is 1.41 bits per heavy atom. The Hall–Kier alpha value is -2.01. The van der Waals surface area contributed by atoms with E-state index in [4.69, 9.17) is 10.5 Å². The highest BCUT2D eigenvalue weighted by Crippen LogP contribution is 2.29. The molecule has 1 aliphatic heterocycles. The highest BCUT2D eigenvalue weighted by molar-refractivity contribution is 6.14. The molecule has 0 atom stereocenters. The minimum Gasteiger partial charge on any atom is -0.494 e. The summed E-state index contributed by atoms with van der Waals surface area (Å²) >= 11 is 0. The Morgan fingerprint density at radius 2 is 2.29 bits per heavy atom. The fourth-order valence-electron chi connectivity index (χ4n) is 2.10. The molecule has 0 saturated carbocycles. The van der Waals surface area contributed by atoms with Gasteiger partial charge in [-0.3, -0.25) is 4.99 Å². The van der Waals surface area contributed by atoms with Gasteiger partial charge in [0.25, 0.3) is 0 Å². The SMILES string of the molecule is Nc1ccc2[nH]c(O)c(C3=NCCOC3)c2c1. The average Bonchev–Trinajstić information content (AvgIpc) is 2.65. The number of ether oxygens (including phenoxy) is 1. The lowest BCUT2D eigenvalue weighted by molar-refractivity contribution is 0.171. The van der Waals surface area contributed by atoms with Gasteiger partial charge < -0.3 is 20.6 Å². The Kier molecular flexibility index (Phi) is 2.26. The van der Waals surface area contributed by atoms with Crippen molar-refractivity contribution in [3.05, 3.63) is 23.8 Å². The number of nitrogen functional groups attached to an aromatic ring is 1. The van der Waals surface area contributed by atoms with Crippen molar-refractivity contribution in [3.63, 3.8) is 0 Å². The van der Waals surface area contributed by atoms with Gasteiger partial charge in [0.2, 0.25) is 0 Å². The van der Waals surface area contributed by atoms with Gasteiger partial charge in [-0.1, -0.05) is 0 Å². The van der Waals surface area contributed by atoms with Crippen LogP contribution in [0.2, 0.25) is 0 Å². The zero-order chi connectivity index (χ0) is 11.8. The van der Waals surface area contributed by atoms with Crippen LogP contribution in [0.15, 0.2) is 23.2 Å². The number of hydrogen-bond donors (Lipinski definition) is 3. The lowest BCUT2D eigenvalue weighted by Crippen LogP contribution is -2.18. The van der Waals surface area contributed by atoms with Gasteiger partial charge >= 0.3 is 0 Å². The smallest absolute Gasteiger partial charge is 0.198 e. The number of aromatic amines is 1. The third-order valence-corrected chi connectivity index (χ3v) is 2.87. The van der Waals surface area contributed by atoms with Crippen LogP contribution in [-0.2, 0) is 4.74 Å². The van der Waals surface area contributed by atoms with Gasteiger partial charge in [-0.05, 0) is 18.2 Å². The summed E-state index contributed by atoms with van der Waals surface area (Å²) in [5, 5.41) is 10.8. The number of aromatic hydroxyl groups is 1. The number of benzene rings is 1. The van der Waals surface area contributed by atoms with E-state index in [1.165, 1.54) is 0 Å². The molecule has 1 aromatic carbocycles. The first-order valence-corrected chi connectivity index (χ1v) is 5.47. The lowest BCUT2D eigenvalue weighted by Gasteiger charge is -2.12. The van der Waals surface area contributed by atoms with Crippen molar-refractivity contribution in [1.29, 1.82) is 0 Å². The quantitative estimate of drug-likeness (QED) is 0.646. The number of hydrogen-bond acceptors (Lipinski definition) is 4. The van der Waals surface area contributed by atoms with Gasteiger partial charge in [-0.25, -0.2) is 0 Å². The Balaban J connectivity index is 2.23. The first-order valence-electron chi connectivity index (χ1n) is 5.47. The van der Waals surface area contributed by atoms with Gasteiger partial charge in [-0.15, -0.1) is 0 Å². The molecular formula is C12H13N3O2. The van der Waals surface area contributed by atoms with E-state index in [0.29, 0.717) is 31.0 Å². The predicted octanol–water partition coefficient (Wildman–Crippen LogP) is 1.27. The van der Waals surface area contributed by atoms with E-state index in [1.54, 1.807) is 6.07 Å². The van der Waals surface area contributed by atoms with Crippen molar-refractivity contribution in [2.24, 2.45) is 4.99 Å². The van der Waals surface area contributed by atoms with Crippen molar-refractivity contribution in [3.8, 4) is 5.88 Å². The van der Waals surface area contributed by atoms with E-state index >= 15 is 0 Å². The van der Waals surface area contributed by atoms with Crippen molar-refractivity contribution in [2.45, 2.75) is 0 Å². The van der Waals surface area contributed by atoms with Crippen LogP contribution < -0.4 is 5.73 Å². The standard InChI is InChI=1S/C12H13N3O2/c13-7-1-2-9-8(5-7)11(12(16)15-9)10-6-17-4-3-14-10/h1-2,5,15-16H,3-4,6,13H2. The number of fused-ring (bicyclic) bond motifs is 1. The van der Waals surface area contributed by atoms with Gasteiger partial charge in [0.15, 0.2) is 5.88 Å².